The van der Waals surface area contributed by atoms with Crippen molar-refractivity contribution < 1.29 is 14.3 Å². The first kappa shape index (κ1) is 24.2. The lowest BCUT2D eigenvalue weighted by Gasteiger charge is -2.12. The van der Waals surface area contributed by atoms with Crippen molar-refractivity contribution >= 4 is 57.3 Å². The third-order valence-electron chi connectivity index (χ3n) is 5.41. The maximum absolute atomic E-state index is 12.7. The number of rotatable bonds is 8. The molecule has 8 nitrogen and oxygen atoms in total. The molecule has 10 heteroatoms. The molecular weight excluding hydrogens is 569 g/mol. The number of anilines is 2. The van der Waals surface area contributed by atoms with Crippen molar-refractivity contribution in [3.63, 3.8) is 0 Å². The Morgan fingerprint density at radius 2 is 2.00 bits per heavy atom. The van der Waals surface area contributed by atoms with Crippen molar-refractivity contribution in [2.75, 3.05) is 10.6 Å². The number of hydrogen-bond acceptors (Lipinski definition) is 6. The largest absolute Gasteiger partial charge is 0.487 e. The van der Waals surface area contributed by atoms with Crippen LogP contribution >= 0.6 is 34.2 Å². The van der Waals surface area contributed by atoms with E-state index in [-0.39, 0.29) is 15.7 Å². The number of halogens is 2. The van der Waals surface area contributed by atoms with Gasteiger partial charge in [0.1, 0.15) is 22.1 Å². The van der Waals surface area contributed by atoms with E-state index in [4.69, 9.17) is 16.3 Å². The number of allylic oxidation sites excluding steroid dienone is 2. The smallest absolute Gasteiger partial charge is 0.255 e. The third-order valence-corrected chi connectivity index (χ3v) is 6.29. The normalized spacial score (nSPS) is 14.3. The summed E-state index contributed by atoms with van der Waals surface area (Å²) in [6.45, 7) is 4.13. The fourth-order valence-corrected chi connectivity index (χ4v) is 3.91. The van der Waals surface area contributed by atoms with Crippen molar-refractivity contribution in [2.24, 2.45) is 0 Å². The van der Waals surface area contributed by atoms with Gasteiger partial charge >= 0.3 is 0 Å². The van der Waals surface area contributed by atoms with Crippen LogP contribution in [-0.4, -0.2) is 26.7 Å². The molecule has 1 aromatic heterocycles. The van der Waals surface area contributed by atoms with Gasteiger partial charge in [-0.05, 0) is 62.7 Å². The van der Waals surface area contributed by atoms with E-state index in [1.165, 1.54) is 0 Å². The van der Waals surface area contributed by atoms with Gasteiger partial charge in [-0.2, -0.15) is 0 Å². The average Bonchev–Trinajstić information content (AvgIpc) is 3.42. The van der Waals surface area contributed by atoms with Crippen LogP contribution in [0.15, 0.2) is 59.9 Å². The van der Waals surface area contributed by atoms with E-state index >= 15 is 0 Å². The predicted molar refractivity (Wildman–Crippen MR) is 139 cm³/mol. The van der Waals surface area contributed by atoms with Crippen LogP contribution in [0, 0.1) is 0 Å². The number of nitrogens with one attached hydrogen (secondary N) is 2. The highest BCUT2D eigenvalue weighted by molar-refractivity contribution is 14.1. The van der Waals surface area contributed by atoms with Crippen molar-refractivity contribution in [2.45, 2.75) is 37.3 Å². The minimum Gasteiger partial charge on any atom is -0.487 e. The number of ketones is 1. The number of carbonyl (C=O) groups excluding carboxylic acids is 2. The zero-order valence-corrected chi connectivity index (χ0v) is 21.6. The summed E-state index contributed by atoms with van der Waals surface area (Å²) in [7, 11) is 0. The van der Waals surface area contributed by atoms with E-state index in [0.717, 1.165) is 17.0 Å². The van der Waals surface area contributed by atoms with Crippen molar-refractivity contribution in [1.29, 1.82) is 0 Å². The second-order valence-electron chi connectivity index (χ2n) is 7.88. The fraction of sp³-hybridized carbons (Fsp3) is 0.250. The van der Waals surface area contributed by atoms with E-state index in [0.29, 0.717) is 47.2 Å². The van der Waals surface area contributed by atoms with Gasteiger partial charge in [-0.3, -0.25) is 9.59 Å². The van der Waals surface area contributed by atoms with Gasteiger partial charge in [-0.25, -0.2) is 4.68 Å². The van der Waals surface area contributed by atoms with Crippen molar-refractivity contribution in [3.05, 3.63) is 76.2 Å². The van der Waals surface area contributed by atoms with E-state index in [1.807, 2.05) is 13.1 Å². The molecule has 176 valence electrons. The third kappa shape index (κ3) is 5.76. The van der Waals surface area contributed by atoms with Gasteiger partial charge in [0.15, 0.2) is 5.78 Å². The van der Waals surface area contributed by atoms with Crippen LogP contribution in [0.5, 0.6) is 5.75 Å². The molecule has 0 fully saturated rings. The highest BCUT2D eigenvalue weighted by atomic mass is 127. The lowest BCUT2D eigenvalue weighted by atomic mass is 10.1. The standard InChI is InChI=1S/C24H23ClIN5O3/c1-14-21(9-10-23(14)32)28-22-8-3-16(11-20(22)25)24(33)27-17-4-6-19(7-5-17)34-13-18-12-31(15(2)26)30-29-18/h3-8,11-12,15,28H,9-10,13H2,1-2H3,(H,27,33). The van der Waals surface area contributed by atoms with E-state index in [2.05, 4.69) is 43.5 Å². The minimum absolute atomic E-state index is 0.143. The van der Waals surface area contributed by atoms with E-state index in [9.17, 15) is 9.59 Å². The number of nitrogens with zero attached hydrogens (tertiary/aromatic N) is 3. The maximum atomic E-state index is 12.7. The number of ether oxygens (including phenoxy) is 1. The summed E-state index contributed by atoms with van der Waals surface area (Å²) in [6, 6.07) is 12.1. The van der Waals surface area contributed by atoms with Crippen LogP contribution in [0.25, 0.3) is 0 Å². The summed E-state index contributed by atoms with van der Waals surface area (Å²) < 4.78 is 7.72. The summed E-state index contributed by atoms with van der Waals surface area (Å²) in [6.07, 6.45) is 3.03. The first-order valence-corrected chi connectivity index (χ1v) is 12.3. The monoisotopic (exact) mass is 591 g/mol. The molecule has 0 aliphatic heterocycles. The number of carbonyl (C=O) groups is 2. The molecule has 0 radical (unpaired) electrons. The minimum atomic E-state index is -0.280. The quantitative estimate of drug-likeness (QED) is 0.255. The second kappa shape index (κ2) is 10.6. The van der Waals surface area contributed by atoms with Gasteiger partial charge in [-0.15, -0.1) is 5.10 Å². The molecule has 0 bridgehead atoms. The maximum Gasteiger partial charge on any atom is 0.255 e. The highest BCUT2D eigenvalue weighted by Gasteiger charge is 2.20. The van der Waals surface area contributed by atoms with Crippen LogP contribution < -0.4 is 15.4 Å². The number of Topliss-reactive ketones (excluding diaryl/α,β-unsaturated/α-hetero) is 1. The molecule has 1 unspecified atom stereocenters. The molecular formula is C24H23ClIN5O3. The van der Waals surface area contributed by atoms with Gasteiger partial charge in [0.05, 0.1) is 16.9 Å². The van der Waals surface area contributed by atoms with E-state index < -0.39 is 0 Å². The average molecular weight is 592 g/mol. The molecule has 3 aromatic rings. The summed E-state index contributed by atoms with van der Waals surface area (Å²) >= 11 is 8.64. The molecule has 1 aliphatic rings. The molecule has 0 spiro atoms. The molecule has 0 saturated heterocycles. The number of hydrogen-bond donors (Lipinski definition) is 2. The Balaban J connectivity index is 1.34. The molecule has 1 heterocycles. The topological polar surface area (TPSA) is 98.1 Å². The Labute approximate surface area is 215 Å². The van der Waals surface area contributed by atoms with Crippen LogP contribution in [0.3, 0.4) is 0 Å². The van der Waals surface area contributed by atoms with Gasteiger partial charge in [0.2, 0.25) is 0 Å². The Morgan fingerprint density at radius 1 is 1.24 bits per heavy atom. The number of benzene rings is 2. The summed E-state index contributed by atoms with van der Waals surface area (Å²) in [5.74, 6) is 0.520. The van der Waals surface area contributed by atoms with Crippen LogP contribution in [0.4, 0.5) is 11.4 Å². The Hall–Kier alpha value is -2.92. The van der Waals surface area contributed by atoms with Crippen LogP contribution in [0.2, 0.25) is 5.02 Å². The Bertz CT molecular complexity index is 1250. The van der Waals surface area contributed by atoms with E-state index in [1.54, 1.807) is 54.1 Å². The lowest BCUT2D eigenvalue weighted by Crippen LogP contribution is -2.12. The zero-order valence-electron chi connectivity index (χ0n) is 18.6. The zero-order chi connectivity index (χ0) is 24.2. The number of aromatic nitrogens is 3. The first-order chi connectivity index (χ1) is 16.3. The molecule has 34 heavy (non-hydrogen) atoms. The van der Waals surface area contributed by atoms with Gasteiger partial charge < -0.3 is 15.4 Å². The molecule has 1 aliphatic carbocycles. The summed E-state index contributed by atoms with van der Waals surface area (Å²) in [5, 5.41) is 14.6. The van der Waals surface area contributed by atoms with Gasteiger partial charge in [0, 0.05) is 28.9 Å². The summed E-state index contributed by atoms with van der Waals surface area (Å²) in [4.78, 5) is 24.4. The first-order valence-electron chi connectivity index (χ1n) is 10.7. The SMILES string of the molecule is CC1=C(Nc2ccc(C(=O)Nc3ccc(OCc4cn(C(C)I)nn4)cc3)cc2Cl)CCC1=O. The molecule has 1 atom stereocenters. The Morgan fingerprint density at radius 3 is 2.62 bits per heavy atom. The molecule has 2 N–H and O–H groups in total. The number of amides is 1. The molecule has 2 aromatic carbocycles. The van der Waals surface area contributed by atoms with Gasteiger partial charge in [-0.1, -0.05) is 39.4 Å². The molecule has 4 rings (SSSR count). The van der Waals surface area contributed by atoms with Crippen molar-refractivity contribution in [1.82, 2.24) is 15.0 Å². The van der Waals surface area contributed by atoms with Crippen LogP contribution in [0.1, 0.15) is 46.8 Å². The highest BCUT2D eigenvalue weighted by Crippen LogP contribution is 2.29. The van der Waals surface area contributed by atoms with Crippen LogP contribution in [-0.2, 0) is 11.4 Å². The second-order valence-corrected chi connectivity index (χ2v) is 10.1. The Kier molecular flexibility index (Phi) is 7.52. The summed E-state index contributed by atoms with van der Waals surface area (Å²) in [5.41, 5.74) is 4.06. The molecule has 1 amide bonds. The predicted octanol–water partition coefficient (Wildman–Crippen LogP) is 5.77. The fourth-order valence-electron chi connectivity index (χ4n) is 3.41. The molecule has 0 saturated carbocycles. The number of alkyl halides is 1. The lowest BCUT2D eigenvalue weighted by molar-refractivity contribution is -0.114. The van der Waals surface area contributed by atoms with Crippen molar-refractivity contribution in [3.8, 4) is 5.75 Å². The van der Waals surface area contributed by atoms with Gasteiger partial charge in [0.25, 0.3) is 5.91 Å².